The van der Waals surface area contributed by atoms with E-state index in [1.807, 2.05) is 18.0 Å². The van der Waals surface area contributed by atoms with E-state index in [1.165, 1.54) is 71.2 Å². The van der Waals surface area contributed by atoms with E-state index in [4.69, 9.17) is 14.5 Å². The van der Waals surface area contributed by atoms with Crippen molar-refractivity contribution < 1.29 is 67.0 Å². The number of benzene rings is 3. The molecule has 0 atom stereocenters. The molecule has 0 bridgehead atoms. The Morgan fingerprint density at radius 2 is 1.12 bits per heavy atom. The molecule has 7 heteroatoms. The Hall–Kier alpha value is -0.716. The molecule has 3 aromatic carbocycles. The molecule has 41 heavy (non-hydrogen) atoms. The zero-order valence-corrected chi connectivity index (χ0v) is 30.3. The van der Waals surface area contributed by atoms with Crippen LogP contribution in [0.4, 0.5) is 5.69 Å². The predicted octanol–water partition coefficient (Wildman–Crippen LogP) is 3.34. The maximum atomic E-state index is 5.07. The van der Waals surface area contributed by atoms with Gasteiger partial charge in [-0.25, -0.2) is 0 Å². The first kappa shape index (κ1) is 40.3. The molecule has 3 aromatic rings. The van der Waals surface area contributed by atoms with Gasteiger partial charge in [0.05, 0.1) is 5.69 Å². The molecule has 223 valence electrons. The van der Waals surface area contributed by atoms with Crippen molar-refractivity contribution in [1.29, 1.82) is 0 Å². The van der Waals surface area contributed by atoms with E-state index in [0.717, 1.165) is 43.4 Å². The quantitative estimate of drug-likeness (QED) is 0.304. The molecule has 2 aliphatic heterocycles. The maximum Gasteiger partial charge on any atom is 0.0688 e. The molecule has 2 fully saturated rings. The van der Waals surface area contributed by atoms with Crippen LogP contribution in [0, 0.1) is 27.7 Å². The molecule has 0 spiro atoms. The van der Waals surface area contributed by atoms with Crippen molar-refractivity contribution in [2.75, 3.05) is 26.4 Å². The minimum atomic E-state index is 0. The fourth-order valence-corrected chi connectivity index (χ4v) is 5.55. The van der Waals surface area contributed by atoms with E-state index in [-0.39, 0.29) is 57.5 Å². The summed E-state index contributed by atoms with van der Waals surface area (Å²) >= 11 is 1.91. The third kappa shape index (κ3) is 15.5. The minimum absolute atomic E-state index is 0. The van der Waals surface area contributed by atoms with Crippen molar-refractivity contribution in [2.24, 2.45) is 4.99 Å². The molecule has 3 nitrogen and oxygen atoms in total. The summed E-state index contributed by atoms with van der Waals surface area (Å²) in [5.41, 5.74) is 8.66. The molecule has 2 saturated heterocycles. The van der Waals surface area contributed by atoms with Gasteiger partial charge in [0.25, 0.3) is 0 Å². The van der Waals surface area contributed by atoms with Gasteiger partial charge in [0.1, 0.15) is 0 Å². The van der Waals surface area contributed by atoms with Gasteiger partial charge in [0, 0.05) is 76.0 Å². The first-order valence-electron chi connectivity index (χ1n) is 14.1. The minimum Gasteiger partial charge on any atom is -1.00 e. The summed E-state index contributed by atoms with van der Waals surface area (Å²) in [6, 6.07) is 21.4. The van der Waals surface area contributed by atoms with E-state index in [9.17, 15) is 0 Å². The van der Waals surface area contributed by atoms with Crippen LogP contribution in [0.2, 0.25) is 0 Å². The maximum absolute atomic E-state index is 5.07. The predicted molar refractivity (Wildman–Crippen MR) is 164 cm³/mol. The topological polar surface area (TPSA) is 30.8 Å². The van der Waals surface area contributed by atoms with Gasteiger partial charge in [0.15, 0.2) is 0 Å². The molecule has 2 heterocycles. The first-order chi connectivity index (χ1) is 18.5. The number of thioether (sulfide) groups is 1. The van der Waals surface area contributed by atoms with Crippen LogP contribution in [0.3, 0.4) is 0 Å². The van der Waals surface area contributed by atoms with Gasteiger partial charge in [-0.3, -0.25) is 4.99 Å². The standard InChI is InChI=1S/C24H25NS.2C5H10O.2ClH.Y/c1-17-8-5-9-18(2)23(17)25-15-21-12-7-13-22(14-21)16-26-24-19(3)10-6-11-20(24)4;2*1-2-4-6-5-3-1;;;/h5-15H,16H2,1-4H3;2*1-5H2;2*1H;/p-2. The number of hydrogen-bond acceptors (Lipinski definition) is 4. The number of hydrogen-bond donors (Lipinski definition) is 0. The Bertz CT molecular complexity index is 1080. The monoisotopic (exact) mass is 690 g/mol. The van der Waals surface area contributed by atoms with Crippen LogP contribution < -0.4 is 24.8 Å². The van der Waals surface area contributed by atoms with Gasteiger partial charge < -0.3 is 34.3 Å². The van der Waals surface area contributed by atoms with E-state index in [0.29, 0.717) is 0 Å². The Labute approximate surface area is 290 Å². The van der Waals surface area contributed by atoms with Crippen LogP contribution in [0.15, 0.2) is 70.6 Å². The summed E-state index contributed by atoms with van der Waals surface area (Å²) < 4.78 is 10.1. The second-order valence-electron chi connectivity index (χ2n) is 10.1. The SMILES string of the molecule is C1CCOCC1.C1CCOCC1.Cc1cccc(C)c1N=Cc1cccc(CSc2c(C)cccc2C)c1.[Cl-].[Cl-].[Y]. The number of para-hydroxylation sites is 1. The number of rotatable bonds is 5. The molecule has 0 unspecified atom stereocenters. The molecule has 0 aliphatic carbocycles. The molecule has 0 aromatic heterocycles. The largest absolute Gasteiger partial charge is 1.00 e. The van der Waals surface area contributed by atoms with Crippen LogP contribution in [0.5, 0.6) is 0 Å². The zero-order chi connectivity index (χ0) is 27.0. The third-order valence-electron chi connectivity index (χ3n) is 6.68. The summed E-state index contributed by atoms with van der Waals surface area (Å²) in [5.74, 6) is 0.969. The van der Waals surface area contributed by atoms with Crippen molar-refractivity contribution in [3.8, 4) is 0 Å². The zero-order valence-electron chi connectivity index (χ0n) is 25.1. The van der Waals surface area contributed by atoms with Gasteiger partial charge in [-0.1, -0.05) is 54.6 Å². The van der Waals surface area contributed by atoms with Crippen molar-refractivity contribution in [3.63, 3.8) is 0 Å². The molecule has 0 amide bonds. The smallest absolute Gasteiger partial charge is 0.0688 e. The van der Waals surface area contributed by atoms with Gasteiger partial charge in [-0.05, 0) is 106 Å². The molecular weight excluding hydrogens is 646 g/mol. The molecule has 5 rings (SSSR count). The second kappa shape index (κ2) is 23.7. The Morgan fingerprint density at radius 3 is 1.56 bits per heavy atom. The summed E-state index contributed by atoms with van der Waals surface area (Å²) in [6.45, 7) is 12.6. The first-order valence-corrected chi connectivity index (χ1v) is 15.1. The number of ether oxygens (including phenoxy) is 2. The van der Waals surface area contributed by atoms with Gasteiger partial charge in [-0.15, -0.1) is 11.8 Å². The molecule has 0 N–H and O–H groups in total. The Kier molecular flexibility index (Phi) is 23.3. The van der Waals surface area contributed by atoms with Crippen LogP contribution in [-0.4, -0.2) is 32.6 Å². The van der Waals surface area contributed by atoms with Gasteiger partial charge >= 0.3 is 0 Å². The number of nitrogens with zero attached hydrogens (tertiary/aromatic N) is 1. The van der Waals surface area contributed by atoms with Crippen molar-refractivity contribution in [1.82, 2.24) is 0 Å². The third-order valence-corrected chi connectivity index (χ3v) is 8.09. The number of aryl methyl sites for hydroxylation is 4. The molecule has 1 radical (unpaired) electrons. The van der Waals surface area contributed by atoms with E-state index < -0.39 is 0 Å². The van der Waals surface area contributed by atoms with Crippen LogP contribution in [0.25, 0.3) is 0 Å². The summed E-state index contributed by atoms with van der Waals surface area (Å²) in [5, 5.41) is 0. The summed E-state index contributed by atoms with van der Waals surface area (Å²) in [7, 11) is 0. The van der Waals surface area contributed by atoms with E-state index in [1.54, 1.807) is 0 Å². The Morgan fingerprint density at radius 1 is 0.659 bits per heavy atom. The average molecular weight is 692 g/mol. The normalized spacial score (nSPS) is 14.1. The van der Waals surface area contributed by atoms with E-state index >= 15 is 0 Å². The van der Waals surface area contributed by atoms with Crippen molar-refractivity contribution in [3.05, 3.63) is 94.0 Å². The summed E-state index contributed by atoms with van der Waals surface area (Å²) in [4.78, 5) is 6.12. The number of aliphatic imine (C=N–C) groups is 1. The fourth-order valence-electron chi connectivity index (χ4n) is 4.47. The summed E-state index contributed by atoms with van der Waals surface area (Å²) in [6.07, 6.45) is 9.84. The molecule has 2 aliphatic rings. The van der Waals surface area contributed by atoms with Gasteiger partial charge in [0.2, 0.25) is 0 Å². The van der Waals surface area contributed by atoms with E-state index in [2.05, 4.69) is 88.4 Å². The van der Waals surface area contributed by atoms with Crippen LogP contribution in [-0.2, 0) is 47.9 Å². The second-order valence-corrected chi connectivity index (χ2v) is 11.1. The Balaban J connectivity index is 0.000000884. The fraction of sp³-hybridized carbons (Fsp3) is 0.441. The molecule has 0 saturated carbocycles. The molecular formula is C34H45Cl2NO2SY-2. The average Bonchev–Trinajstić information content (AvgIpc) is 2.95. The van der Waals surface area contributed by atoms with Crippen LogP contribution >= 0.6 is 11.8 Å². The van der Waals surface area contributed by atoms with Crippen molar-refractivity contribution >= 4 is 23.7 Å². The number of halogens is 2. The van der Waals surface area contributed by atoms with Gasteiger partial charge in [-0.2, -0.15) is 0 Å². The van der Waals surface area contributed by atoms with Crippen LogP contribution in [0.1, 0.15) is 71.9 Å². The van der Waals surface area contributed by atoms with Crippen molar-refractivity contribution in [2.45, 2.75) is 76.9 Å².